The molecule has 1 amide bonds. The average molecular weight is 342 g/mol. The number of carbonyl (C=O) groups excluding carboxylic acids is 1. The molecule has 0 atom stereocenters. The summed E-state index contributed by atoms with van der Waals surface area (Å²) in [7, 11) is 0. The highest BCUT2D eigenvalue weighted by Crippen LogP contribution is 2.20. The molecule has 0 aliphatic carbocycles. The van der Waals surface area contributed by atoms with Gasteiger partial charge in [-0.05, 0) is 45.9 Å². The Balaban J connectivity index is 1.97. The molecular formula is C16H12BrN3O. The van der Waals surface area contributed by atoms with Crippen molar-refractivity contribution < 1.29 is 4.79 Å². The van der Waals surface area contributed by atoms with Crippen molar-refractivity contribution >= 4 is 38.4 Å². The quantitative estimate of drug-likeness (QED) is 0.767. The van der Waals surface area contributed by atoms with Gasteiger partial charge in [0.25, 0.3) is 5.91 Å². The van der Waals surface area contributed by atoms with Crippen LogP contribution in [0.15, 0.2) is 53.3 Å². The fourth-order valence-corrected chi connectivity index (χ4v) is 2.58. The number of carbonyl (C=O) groups is 1. The summed E-state index contributed by atoms with van der Waals surface area (Å²) in [5.74, 6) is 0.280. The minimum absolute atomic E-state index is 0.260. The lowest BCUT2D eigenvalue weighted by molar-refractivity contribution is 0.102. The monoisotopic (exact) mass is 341 g/mol. The molecule has 0 saturated carbocycles. The van der Waals surface area contributed by atoms with Crippen molar-refractivity contribution in [1.82, 2.24) is 9.97 Å². The van der Waals surface area contributed by atoms with Crippen LogP contribution < -0.4 is 5.32 Å². The number of benzene rings is 1. The fraction of sp³-hybridized carbons (Fsp3) is 0.0625. The molecule has 2 heterocycles. The van der Waals surface area contributed by atoms with Gasteiger partial charge < -0.3 is 5.32 Å². The molecule has 1 aromatic carbocycles. The molecule has 0 fully saturated rings. The molecule has 3 aromatic rings. The van der Waals surface area contributed by atoms with Crippen molar-refractivity contribution in [3.05, 3.63) is 64.5 Å². The predicted molar refractivity (Wildman–Crippen MR) is 86.4 cm³/mol. The predicted octanol–water partition coefficient (Wildman–Crippen LogP) is 3.95. The highest BCUT2D eigenvalue weighted by atomic mass is 79.9. The second-order valence-electron chi connectivity index (χ2n) is 4.65. The van der Waals surface area contributed by atoms with Crippen molar-refractivity contribution in [3.63, 3.8) is 0 Å². The SMILES string of the molecule is Cc1cc(Br)cnc1NC(=O)c1nccc2ccccc12. The minimum Gasteiger partial charge on any atom is -0.305 e. The first-order valence-corrected chi connectivity index (χ1v) is 7.22. The van der Waals surface area contributed by atoms with Gasteiger partial charge in [0.1, 0.15) is 11.5 Å². The zero-order valence-electron chi connectivity index (χ0n) is 11.3. The highest BCUT2D eigenvalue weighted by molar-refractivity contribution is 9.10. The van der Waals surface area contributed by atoms with E-state index in [2.05, 4.69) is 31.2 Å². The number of aryl methyl sites for hydroxylation is 1. The number of hydrogen-bond donors (Lipinski definition) is 1. The molecule has 3 rings (SSSR count). The maximum atomic E-state index is 12.4. The zero-order chi connectivity index (χ0) is 14.8. The Kier molecular flexibility index (Phi) is 3.66. The van der Waals surface area contributed by atoms with E-state index >= 15 is 0 Å². The van der Waals surface area contributed by atoms with Gasteiger partial charge in [-0.15, -0.1) is 0 Å². The Hall–Kier alpha value is -2.27. The second kappa shape index (κ2) is 5.61. The van der Waals surface area contributed by atoms with Crippen LogP contribution in [0.2, 0.25) is 0 Å². The van der Waals surface area contributed by atoms with E-state index in [1.165, 1.54) is 0 Å². The average Bonchev–Trinajstić information content (AvgIpc) is 2.49. The lowest BCUT2D eigenvalue weighted by Crippen LogP contribution is -2.15. The number of pyridine rings is 2. The molecule has 0 aliphatic rings. The second-order valence-corrected chi connectivity index (χ2v) is 5.57. The number of nitrogens with zero attached hydrogens (tertiary/aromatic N) is 2. The number of fused-ring (bicyclic) bond motifs is 1. The third-order valence-electron chi connectivity index (χ3n) is 3.17. The largest absolute Gasteiger partial charge is 0.305 e. The molecule has 0 radical (unpaired) electrons. The fourth-order valence-electron chi connectivity index (χ4n) is 2.14. The molecule has 1 N–H and O–H groups in total. The maximum absolute atomic E-state index is 12.4. The Bertz CT molecular complexity index is 827. The van der Waals surface area contributed by atoms with Crippen LogP contribution in [0.1, 0.15) is 16.1 Å². The molecule has 0 aliphatic heterocycles. The highest BCUT2D eigenvalue weighted by Gasteiger charge is 2.13. The van der Waals surface area contributed by atoms with Crippen molar-refractivity contribution in [2.75, 3.05) is 5.32 Å². The van der Waals surface area contributed by atoms with Crippen molar-refractivity contribution in [2.45, 2.75) is 6.92 Å². The van der Waals surface area contributed by atoms with Crippen LogP contribution in [-0.2, 0) is 0 Å². The van der Waals surface area contributed by atoms with Crippen LogP contribution in [0.3, 0.4) is 0 Å². The van der Waals surface area contributed by atoms with E-state index in [9.17, 15) is 4.79 Å². The number of anilines is 1. The summed E-state index contributed by atoms with van der Waals surface area (Å²) in [6.07, 6.45) is 3.29. The standard InChI is InChI=1S/C16H12BrN3O/c1-10-8-12(17)9-19-15(10)20-16(21)14-13-5-3-2-4-11(13)6-7-18-14/h2-9H,1H3,(H,19,20,21). The van der Waals surface area contributed by atoms with E-state index in [1.54, 1.807) is 12.4 Å². The van der Waals surface area contributed by atoms with Gasteiger partial charge in [-0.3, -0.25) is 9.78 Å². The van der Waals surface area contributed by atoms with Gasteiger partial charge in [0.15, 0.2) is 0 Å². The van der Waals surface area contributed by atoms with E-state index in [0.29, 0.717) is 11.5 Å². The summed E-state index contributed by atoms with van der Waals surface area (Å²) in [6, 6.07) is 11.5. The van der Waals surface area contributed by atoms with Gasteiger partial charge in [0.2, 0.25) is 0 Å². The molecule has 2 aromatic heterocycles. The van der Waals surface area contributed by atoms with Crippen LogP contribution in [0, 0.1) is 6.92 Å². The molecule has 0 bridgehead atoms. The first-order valence-electron chi connectivity index (χ1n) is 6.42. The van der Waals surface area contributed by atoms with Gasteiger partial charge in [-0.25, -0.2) is 4.98 Å². The van der Waals surface area contributed by atoms with Crippen molar-refractivity contribution in [3.8, 4) is 0 Å². The lowest BCUT2D eigenvalue weighted by Gasteiger charge is -2.08. The van der Waals surface area contributed by atoms with E-state index in [4.69, 9.17) is 0 Å². The summed E-state index contributed by atoms with van der Waals surface area (Å²) in [5, 5.41) is 4.62. The zero-order valence-corrected chi connectivity index (χ0v) is 12.9. The van der Waals surface area contributed by atoms with Gasteiger partial charge in [0, 0.05) is 22.3 Å². The number of amides is 1. The first-order chi connectivity index (χ1) is 10.1. The first kappa shape index (κ1) is 13.7. The van der Waals surface area contributed by atoms with Crippen LogP contribution >= 0.6 is 15.9 Å². The van der Waals surface area contributed by atoms with Crippen LogP contribution in [0.25, 0.3) is 10.8 Å². The number of nitrogens with one attached hydrogen (secondary N) is 1. The van der Waals surface area contributed by atoms with Gasteiger partial charge in [0.05, 0.1) is 0 Å². The van der Waals surface area contributed by atoms with Crippen LogP contribution in [0.4, 0.5) is 5.82 Å². The van der Waals surface area contributed by atoms with Crippen LogP contribution in [0.5, 0.6) is 0 Å². The smallest absolute Gasteiger partial charge is 0.276 e. The topological polar surface area (TPSA) is 54.9 Å². The third kappa shape index (κ3) is 2.78. The third-order valence-corrected chi connectivity index (χ3v) is 3.60. The lowest BCUT2D eigenvalue weighted by atomic mass is 10.1. The van der Waals surface area contributed by atoms with E-state index < -0.39 is 0 Å². The molecule has 0 saturated heterocycles. The Morgan fingerprint density at radius 2 is 2.00 bits per heavy atom. The molecular weight excluding hydrogens is 330 g/mol. The summed E-state index contributed by atoms with van der Waals surface area (Å²) < 4.78 is 0.876. The molecule has 104 valence electrons. The summed E-state index contributed by atoms with van der Waals surface area (Å²) >= 11 is 3.35. The number of aromatic nitrogens is 2. The number of halogens is 1. The summed E-state index contributed by atoms with van der Waals surface area (Å²) in [5.41, 5.74) is 1.29. The van der Waals surface area contributed by atoms with Gasteiger partial charge in [-0.2, -0.15) is 0 Å². The Morgan fingerprint density at radius 1 is 1.19 bits per heavy atom. The minimum atomic E-state index is -0.260. The summed E-state index contributed by atoms with van der Waals surface area (Å²) in [6.45, 7) is 1.89. The van der Waals surface area contributed by atoms with E-state index in [-0.39, 0.29) is 5.91 Å². The number of hydrogen-bond acceptors (Lipinski definition) is 3. The normalized spacial score (nSPS) is 10.6. The molecule has 0 spiro atoms. The van der Waals surface area contributed by atoms with Crippen LogP contribution in [-0.4, -0.2) is 15.9 Å². The van der Waals surface area contributed by atoms with Gasteiger partial charge in [-0.1, -0.05) is 24.3 Å². The molecule has 5 heteroatoms. The van der Waals surface area contributed by atoms with Crippen molar-refractivity contribution in [1.29, 1.82) is 0 Å². The Labute approximate surface area is 130 Å². The number of rotatable bonds is 2. The van der Waals surface area contributed by atoms with E-state index in [1.807, 2.05) is 43.3 Å². The molecule has 21 heavy (non-hydrogen) atoms. The maximum Gasteiger partial charge on any atom is 0.276 e. The summed E-state index contributed by atoms with van der Waals surface area (Å²) in [4.78, 5) is 20.9. The molecule has 4 nitrogen and oxygen atoms in total. The van der Waals surface area contributed by atoms with E-state index in [0.717, 1.165) is 20.8 Å². The molecule has 0 unspecified atom stereocenters. The van der Waals surface area contributed by atoms with Gasteiger partial charge >= 0.3 is 0 Å². The Morgan fingerprint density at radius 3 is 2.81 bits per heavy atom. The van der Waals surface area contributed by atoms with Crippen molar-refractivity contribution in [2.24, 2.45) is 0 Å².